The summed E-state index contributed by atoms with van der Waals surface area (Å²) >= 11 is 1.71. The maximum Gasteiger partial charge on any atom is 0.184 e. The van der Waals surface area contributed by atoms with Gasteiger partial charge in [-0.25, -0.2) is 4.98 Å². The van der Waals surface area contributed by atoms with E-state index >= 15 is 0 Å². The fourth-order valence-corrected chi connectivity index (χ4v) is 3.91. The standard InChI is InChI=1S/C14H18N4OS/c15-9-7-16-5-3-10(9)17-14-18-13-8-4-6-19-11(8)1-2-12(13)20-14/h1-2,9-10,16H,3-7,15H2,(H,17,18). The molecular formula is C14H18N4OS. The summed E-state index contributed by atoms with van der Waals surface area (Å²) in [4.78, 5) is 4.76. The summed E-state index contributed by atoms with van der Waals surface area (Å²) < 4.78 is 6.82. The number of nitrogens with zero attached hydrogens (tertiary/aromatic N) is 1. The van der Waals surface area contributed by atoms with E-state index in [1.165, 1.54) is 10.3 Å². The van der Waals surface area contributed by atoms with Gasteiger partial charge >= 0.3 is 0 Å². The molecule has 1 saturated heterocycles. The summed E-state index contributed by atoms with van der Waals surface area (Å²) in [6.07, 6.45) is 2.00. The number of nitrogens with two attached hydrogens (primary N) is 1. The van der Waals surface area contributed by atoms with Gasteiger partial charge in [-0.3, -0.25) is 0 Å². The fraction of sp³-hybridized carbons (Fsp3) is 0.500. The number of rotatable bonds is 2. The molecule has 2 unspecified atom stereocenters. The average molecular weight is 290 g/mol. The van der Waals surface area contributed by atoms with Gasteiger partial charge in [0.25, 0.3) is 0 Å². The van der Waals surface area contributed by atoms with E-state index in [9.17, 15) is 0 Å². The summed E-state index contributed by atoms with van der Waals surface area (Å²) in [5.74, 6) is 0.993. The zero-order valence-corrected chi connectivity index (χ0v) is 12.0. The molecule has 6 heteroatoms. The number of hydrogen-bond donors (Lipinski definition) is 3. The second-order valence-electron chi connectivity index (χ2n) is 5.41. The molecule has 0 aliphatic carbocycles. The van der Waals surface area contributed by atoms with E-state index in [1.54, 1.807) is 11.3 Å². The quantitative estimate of drug-likeness (QED) is 0.778. The number of nitrogens with one attached hydrogen (secondary N) is 2. The SMILES string of the molecule is NC1CNCCC1Nc1nc2c3c(ccc2s1)OCC3. The lowest BCUT2D eigenvalue weighted by atomic mass is 10.0. The lowest BCUT2D eigenvalue weighted by Gasteiger charge is -2.29. The van der Waals surface area contributed by atoms with Gasteiger partial charge in [0.15, 0.2) is 5.13 Å². The number of anilines is 1. The Labute approximate surface area is 121 Å². The van der Waals surface area contributed by atoms with E-state index in [0.717, 1.165) is 48.9 Å². The van der Waals surface area contributed by atoms with Gasteiger partial charge in [-0.2, -0.15) is 0 Å². The van der Waals surface area contributed by atoms with Gasteiger partial charge < -0.3 is 21.1 Å². The summed E-state index contributed by atoms with van der Waals surface area (Å²) in [5, 5.41) is 7.80. The number of ether oxygens (including phenoxy) is 1. The van der Waals surface area contributed by atoms with Crippen LogP contribution in [0.25, 0.3) is 10.2 Å². The second kappa shape index (κ2) is 4.87. The summed E-state index contributed by atoms with van der Waals surface area (Å²) in [6.45, 7) is 2.65. The van der Waals surface area contributed by atoms with Crippen molar-refractivity contribution in [3.63, 3.8) is 0 Å². The molecular weight excluding hydrogens is 272 g/mol. The van der Waals surface area contributed by atoms with Crippen LogP contribution in [0.3, 0.4) is 0 Å². The smallest absolute Gasteiger partial charge is 0.184 e. The molecule has 4 rings (SSSR count). The minimum absolute atomic E-state index is 0.143. The average Bonchev–Trinajstić information content (AvgIpc) is 3.06. The highest BCUT2D eigenvalue weighted by molar-refractivity contribution is 7.22. The summed E-state index contributed by atoms with van der Waals surface area (Å²) in [7, 11) is 0. The monoisotopic (exact) mass is 290 g/mol. The van der Waals surface area contributed by atoms with E-state index in [1.807, 2.05) is 0 Å². The normalized spacial score (nSPS) is 25.4. The first-order valence-corrected chi connectivity index (χ1v) is 7.91. The van der Waals surface area contributed by atoms with Gasteiger partial charge in [0.2, 0.25) is 0 Å². The zero-order chi connectivity index (χ0) is 13.5. The highest BCUT2D eigenvalue weighted by Crippen LogP contribution is 2.36. The number of piperidine rings is 1. The van der Waals surface area contributed by atoms with Crippen molar-refractivity contribution in [3.8, 4) is 5.75 Å². The van der Waals surface area contributed by atoms with Crippen LogP contribution in [0.4, 0.5) is 5.13 Å². The molecule has 3 heterocycles. The van der Waals surface area contributed by atoms with Crippen LogP contribution in [-0.2, 0) is 6.42 Å². The maximum absolute atomic E-state index is 6.14. The molecule has 2 aromatic rings. The Morgan fingerprint density at radius 3 is 3.30 bits per heavy atom. The van der Waals surface area contributed by atoms with Crippen molar-refractivity contribution in [2.75, 3.05) is 25.0 Å². The molecule has 1 aromatic heterocycles. The van der Waals surface area contributed by atoms with Crippen molar-refractivity contribution >= 4 is 26.7 Å². The first-order chi connectivity index (χ1) is 9.81. The minimum Gasteiger partial charge on any atom is -0.493 e. The highest BCUT2D eigenvalue weighted by atomic mass is 32.1. The third-order valence-corrected chi connectivity index (χ3v) is 5.02. The van der Waals surface area contributed by atoms with Crippen molar-refractivity contribution < 1.29 is 4.74 Å². The molecule has 4 N–H and O–H groups in total. The molecule has 0 amide bonds. The van der Waals surface area contributed by atoms with Gasteiger partial charge in [0.1, 0.15) is 5.75 Å². The van der Waals surface area contributed by atoms with Crippen LogP contribution in [0.5, 0.6) is 5.75 Å². The first kappa shape index (κ1) is 12.4. The molecule has 1 fully saturated rings. The molecule has 2 aliphatic rings. The lowest BCUT2D eigenvalue weighted by molar-refractivity contribution is 0.357. The van der Waals surface area contributed by atoms with Crippen LogP contribution in [-0.4, -0.2) is 36.8 Å². The van der Waals surface area contributed by atoms with E-state index < -0.39 is 0 Å². The number of aromatic nitrogens is 1. The van der Waals surface area contributed by atoms with Crippen LogP contribution < -0.4 is 21.1 Å². The molecule has 5 nitrogen and oxygen atoms in total. The predicted molar refractivity (Wildman–Crippen MR) is 81.7 cm³/mol. The van der Waals surface area contributed by atoms with Crippen LogP contribution in [0.1, 0.15) is 12.0 Å². The summed E-state index contributed by atoms with van der Waals surface area (Å²) in [5.41, 5.74) is 8.49. The Hall–Kier alpha value is -1.37. The third kappa shape index (κ3) is 2.04. The van der Waals surface area contributed by atoms with Gasteiger partial charge in [-0.1, -0.05) is 11.3 Å². The number of fused-ring (bicyclic) bond motifs is 3. The number of benzene rings is 1. The van der Waals surface area contributed by atoms with Crippen molar-refractivity contribution in [3.05, 3.63) is 17.7 Å². The lowest BCUT2D eigenvalue weighted by Crippen LogP contribution is -2.52. The van der Waals surface area contributed by atoms with E-state index in [4.69, 9.17) is 15.5 Å². The Kier molecular flexibility index (Phi) is 3.02. The molecule has 2 atom stereocenters. The van der Waals surface area contributed by atoms with E-state index in [0.29, 0.717) is 6.04 Å². The predicted octanol–water partition coefficient (Wildman–Crippen LogP) is 1.33. The van der Waals surface area contributed by atoms with Gasteiger partial charge in [-0.15, -0.1) is 0 Å². The molecule has 2 aliphatic heterocycles. The van der Waals surface area contributed by atoms with Gasteiger partial charge in [0.05, 0.1) is 16.8 Å². The van der Waals surface area contributed by atoms with Crippen molar-refractivity contribution in [1.82, 2.24) is 10.3 Å². The molecule has 20 heavy (non-hydrogen) atoms. The Morgan fingerprint density at radius 2 is 2.40 bits per heavy atom. The van der Waals surface area contributed by atoms with Crippen molar-refractivity contribution in [1.29, 1.82) is 0 Å². The van der Waals surface area contributed by atoms with Gasteiger partial charge in [0, 0.05) is 30.6 Å². The maximum atomic E-state index is 6.14. The van der Waals surface area contributed by atoms with Crippen LogP contribution in [0.2, 0.25) is 0 Å². The Morgan fingerprint density at radius 1 is 1.45 bits per heavy atom. The fourth-order valence-electron chi connectivity index (χ4n) is 2.95. The Balaban J connectivity index is 1.64. The Bertz CT molecular complexity index is 641. The highest BCUT2D eigenvalue weighted by Gasteiger charge is 2.23. The van der Waals surface area contributed by atoms with Crippen LogP contribution in [0, 0.1) is 0 Å². The van der Waals surface area contributed by atoms with E-state index in [-0.39, 0.29) is 6.04 Å². The van der Waals surface area contributed by atoms with Crippen LogP contribution >= 0.6 is 11.3 Å². The molecule has 106 valence electrons. The largest absolute Gasteiger partial charge is 0.493 e. The van der Waals surface area contributed by atoms with E-state index in [2.05, 4.69) is 22.8 Å². The van der Waals surface area contributed by atoms with Gasteiger partial charge in [-0.05, 0) is 25.1 Å². The molecule has 0 radical (unpaired) electrons. The van der Waals surface area contributed by atoms with Crippen molar-refractivity contribution in [2.24, 2.45) is 5.73 Å². The molecule has 1 aromatic carbocycles. The minimum atomic E-state index is 0.143. The van der Waals surface area contributed by atoms with Crippen molar-refractivity contribution in [2.45, 2.75) is 24.9 Å². The third-order valence-electron chi connectivity index (χ3n) is 4.07. The zero-order valence-electron chi connectivity index (χ0n) is 11.2. The number of hydrogen-bond acceptors (Lipinski definition) is 6. The summed E-state index contributed by atoms with van der Waals surface area (Å²) in [6, 6.07) is 4.61. The first-order valence-electron chi connectivity index (χ1n) is 7.09. The second-order valence-corrected chi connectivity index (χ2v) is 6.44. The number of thiazole rings is 1. The topological polar surface area (TPSA) is 72.2 Å². The molecule has 0 bridgehead atoms. The van der Waals surface area contributed by atoms with Crippen LogP contribution in [0.15, 0.2) is 12.1 Å². The molecule has 0 saturated carbocycles. The molecule has 0 spiro atoms.